The molecule has 0 saturated carbocycles. The molecule has 18 heavy (non-hydrogen) atoms. The molecule has 1 aromatic rings. The smallest absolute Gasteiger partial charge is 0.319 e. The van der Waals surface area contributed by atoms with E-state index in [-0.39, 0.29) is 11.6 Å². The third kappa shape index (κ3) is 1.92. The maximum atomic E-state index is 12.0. The van der Waals surface area contributed by atoms with Crippen LogP contribution in [-0.2, 0) is 6.54 Å². The third-order valence-corrected chi connectivity index (χ3v) is 3.45. The Morgan fingerprint density at radius 1 is 1.44 bits per heavy atom. The number of nitrogens with zero attached hydrogens (tertiary/aromatic N) is 1. The summed E-state index contributed by atoms with van der Waals surface area (Å²) in [4.78, 5) is 23.4. The van der Waals surface area contributed by atoms with Gasteiger partial charge in [-0.15, -0.1) is 0 Å². The zero-order valence-corrected chi connectivity index (χ0v) is 10.6. The van der Waals surface area contributed by atoms with Crippen molar-refractivity contribution in [2.24, 2.45) is 0 Å². The first-order chi connectivity index (χ1) is 8.48. The van der Waals surface area contributed by atoms with Gasteiger partial charge in [-0.1, -0.05) is 19.6 Å². The van der Waals surface area contributed by atoms with Crippen LogP contribution in [0.1, 0.15) is 18.9 Å². The molecule has 1 unspecified atom stereocenters. The van der Waals surface area contributed by atoms with E-state index in [1.165, 1.54) is 0 Å². The highest BCUT2D eigenvalue weighted by Gasteiger charge is 2.40. The predicted octanol–water partition coefficient (Wildman–Crippen LogP) is 1.13. The van der Waals surface area contributed by atoms with Gasteiger partial charge in [0.05, 0.1) is 12.1 Å². The van der Waals surface area contributed by atoms with Gasteiger partial charge in [0.25, 0.3) is 5.56 Å². The highest BCUT2D eigenvalue weighted by Crippen LogP contribution is 2.24. The molecule has 2 amide bonds. The summed E-state index contributed by atoms with van der Waals surface area (Å²) < 4.78 is 1.61. The molecule has 0 bridgehead atoms. The Balaban J connectivity index is 2.37. The third-order valence-electron chi connectivity index (χ3n) is 3.45. The van der Waals surface area contributed by atoms with Gasteiger partial charge in [0.1, 0.15) is 0 Å². The lowest BCUT2D eigenvalue weighted by Gasteiger charge is -2.28. The monoisotopic (exact) mass is 247 g/mol. The molecule has 1 aromatic heterocycles. The molecule has 5 nitrogen and oxygen atoms in total. The van der Waals surface area contributed by atoms with Crippen LogP contribution in [0.2, 0.25) is 0 Å². The lowest BCUT2D eigenvalue weighted by atomic mass is 9.94. The van der Waals surface area contributed by atoms with E-state index in [1.807, 2.05) is 13.0 Å². The molecule has 5 heteroatoms. The lowest BCUT2D eigenvalue weighted by molar-refractivity contribution is 0.241. The molecule has 2 N–H and O–H groups in total. The molecule has 96 valence electrons. The molecule has 0 aromatic carbocycles. The Morgan fingerprint density at radius 3 is 2.72 bits per heavy atom. The topological polar surface area (TPSA) is 63.1 Å². The summed E-state index contributed by atoms with van der Waals surface area (Å²) in [5.74, 6) is 0. The van der Waals surface area contributed by atoms with Crippen molar-refractivity contribution < 1.29 is 4.79 Å². The molecule has 1 saturated heterocycles. The SMILES string of the molecule is C=C1NC(=O)NC1(CC)Cn1cccc(C)c1=O. The number of nitrogens with one attached hydrogen (secondary N) is 2. The molecule has 1 atom stereocenters. The fourth-order valence-electron chi connectivity index (χ4n) is 2.20. The van der Waals surface area contributed by atoms with E-state index < -0.39 is 5.54 Å². The molecule has 1 aliphatic rings. The van der Waals surface area contributed by atoms with Gasteiger partial charge in [0, 0.05) is 17.5 Å². The van der Waals surface area contributed by atoms with E-state index in [4.69, 9.17) is 0 Å². The molecular weight excluding hydrogens is 230 g/mol. The van der Waals surface area contributed by atoms with Gasteiger partial charge in [0.15, 0.2) is 0 Å². The zero-order valence-electron chi connectivity index (χ0n) is 10.6. The minimum atomic E-state index is -0.589. The number of hydrogen-bond acceptors (Lipinski definition) is 2. The normalized spacial score (nSPS) is 22.8. The number of amides is 2. The average Bonchev–Trinajstić information content (AvgIpc) is 2.61. The van der Waals surface area contributed by atoms with E-state index in [9.17, 15) is 9.59 Å². The number of urea groups is 1. The fourth-order valence-corrected chi connectivity index (χ4v) is 2.20. The zero-order chi connectivity index (χ0) is 13.3. The number of aryl methyl sites for hydroxylation is 1. The summed E-state index contributed by atoms with van der Waals surface area (Å²) in [5.41, 5.74) is 0.670. The van der Waals surface area contributed by atoms with Gasteiger partial charge in [0.2, 0.25) is 0 Å². The summed E-state index contributed by atoms with van der Waals surface area (Å²) >= 11 is 0. The number of aromatic nitrogens is 1. The number of pyridine rings is 1. The molecule has 2 rings (SSSR count). The Bertz CT molecular complexity index is 562. The minimum absolute atomic E-state index is 0.0423. The van der Waals surface area contributed by atoms with Crippen molar-refractivity contribution in [2.75, 3.05) is 0 Å². The van der Waals surface area contributed by atoms with Gasteiger partial charge in [-0.05, 0) is 19.4 Å². The molecule has 1 aliphatic heterocycles. The van der Waals surface area contributed by atoms with Gasteiger partial charge in [-0.3, -0.25) is 4.79 Å². The van der Waals surface area contributed by atoms with E-state index in [0.29, 0.717) is 24.2 Å². The largest absolute Gasteiger partial charge is 0.325 e. The van der Waals surface area contributed by atoms with Crippen molar-refractivity contribution in [3.63, 3.8) is 0 Å². The second kappa shape index (κ2) is 4.33. The molecule has 2 heterocycles. The van der Waals surface area contributed by atoms with E-state index in [2.05, 4.69) is 17.2 Å². The average molecular weight is 247 g/mol. The standard InChI is InChI=1S/C13H17N3O2/c1-4-13(10(3)14-12(18)15-13)8-16-7-5-6-9(2)11(16)17/h5-7H,3-4,8H2,1-2H3,(H2,14,15,18). The Morgan fingerprint density at radius 2 is 2.17 bits per heavy atom. The molecular formula is C13H17N3O2. The number of carbonyl (C=O) groups is 1. The first kappa shape index (κ1) is 12.4. The maximum Gasteiger partial charge on any atom is 0.319 e. The Kier molecular flexibility index (Phi) is 2.98. The number of carbonyl (C=O) groups excluding carboxylic acids is 1. The van der Waals surface area contributed by atoms with Crippen LogP contribution in [0.25, 0.3) is 0 Å². The second-order valence-corrected chi connectivity index (χ2v) is 4.62. The Hall–Kier alpha value is -2.04. The van der Waals surface area contributed by atoms with Crippen LogP contribution in [0.4, 0.5) is 4.79 Å². The van der Waals surface area contributed by atoms with E-state index in [0.717, 1.165) is 0 Å². The summed E-state index contributed by atoms with van der Waals surface area (Å²) in [6, 6.07) is 3.34. The minimum Gasteiger partial charge on any atom is -0.325 e. The molecule has 0 spiro atoms. The van der Waals surface area contributed by atoms with Crippen LogP contribution in [0, 0.1) is 6.92 Å². The van der Waals surface area contributed by atoms with Crippen LogP contribution < -0.4 is 16.2 Å². The van der Waals surface area contributed by atoms with Crippen LogP contribution in [0.15, 0.2) is 35.4 Å². The van der Waals surface area contributed by atoms with Crippen LogP contribution in [0.5, 0.6) is 0 Å². The molecule has 1 fully saturated rings. The summed E-state index contributed by atoms with van der Waals surface area (Å²) in [6.07, 6.45) is 2.40. The summed E-state index contributed by atoms with van der Waals surface area (Å²) in [6.45, 7) is 7.99. The quantitative estimate of drug-likeness (QED) is 0.841. The molecule has 0 radical (unpaired) electrons. The first-order valence-electron chi connectivity index (χ1n) is 5.93. The lowest BCUT2D eigenvalue weighted by Crippen LogP contribution is -2.47. The van der Waals surface area contributed by atoms with E-state index in [1.54, 1.807) is 23.8 Å². The van der Waals surface area contributed by atoms with Crippen molar-refractivity contribution in [1.82, 2.24) is 15.2 Å². The first-order valence-corrected chi connectivity index (χ1v) is 5.93. The highest BCUT2D eigenvalue weighted by molar-refractivity contribution is 5.81. The van der Waals surface area contributed by atoms with Crippen molar-refractivity contribution in [3.05, 3.63) is 46.5 Å². The van der Waals surface area contributed by atoms with Gasteiger partial charge < -0.3 is 15.2 Å². The predicted molar refractivity (Wildman–Crippen MR) is 69.3 cm³/mol. The van der Waals surface area contributed by atoms with Crippen LogP contribution >= 0.6 is 0 Å². The van der Waals surface area contributed by atoms with Crippen molar-refractivity contribution in [1.29, 1.82) is 0 Å². The van der Waals surface area contributed by atoms with Crippen LogP contribution in [0.3, 0.4) is 0 Å². The summed E-state index contributed by atoms with van der Waals surface area (Å²) in [5, 5.41) is 5.51. The Labute approximate surface area is 106 Å². The van der Waals surface area contributed by atoms with Gasteiger partial charge in [-0.2, -0.15) is 0 Å². The second-order valence-electron chi connectivity index (χ2n) is 4.62. The van der Waals surface area contributed by atoms with E-state index >= 15 is 0 Å². The highest BCUT2D eigenvalue weighted by atomic mass is 16.2. The van der Waals surface area contributed by atoms with Gasteiger partial charge >= 0.3 is 6.03 Å². The number of hydrogen-bond donors (Lipinski definition) is 2. The summed E-state index contributed by atoms with van der Waals surface area (Å²) in [7, 11) is 0. The van der Waals surface area contributed by atoms with Gasteiger partial charge in [-0.25, -0.2) is 4.79 Å². The fraction of sp³-hybridized carbons (Fsp3) is 0.385. The van der Waals surface area contributed by atoms with Crippen molar-refractivity contribution >= 4 is 6.03 Å². The molecule has 0 aliphatic carbocycles. The maximum absolute atomic E-state index is 12.0. The van der Waals surface area contributed by atoms with Crippen molar-refractivity contribution in [2.45, 2.75) is 32.4 Å². The van der Waals surface area contributed by atoms with Crippen LogP contribution in [-0.4, -0.2) is 16.1 Å². The van der Waals surface area contributed by atoms with Crippen molar-refractivity contribution in [3.8, 4) is 0 Å². The number of rotatable bonds is 3.